The van der Waals surface area contributed by atoms with Gasteiger partial charge < -0.3 is 25.2 Å². The van der Waals surface area contributed by atoms with Gasteiger partial charge in [-0.3, -0.25) is 9.59 Å². The zero-order chi connectivity index (χ0) is 14.5. The number of nitrogens with one attached hydrogen (secondary N) is 2. The second kappa shape index (κ2) is 11.8. The maximum Gasteiger partial charge on any atom is 0.245 e. The van der Waals surface area contributed by atoms with Crippen LogP contribution in [0, 0.1) is 0 Å². The Balaban J connectivity index is 3.22. The fourth-order valence-electron chi connectivity index (χ4n) is 1.06. The predicted octanol–water partition coefficient (Wildman–Crippen LogP) is -1.40. The third-order valence-electron chi connectivity index (χ3n) is 1.96. The molecule has 1 atom stereocenters. The Morgan fingerprint density at radius 2 is 1.89 bits per heavy atom. The van der Waals surface area contributed by atoms with E-state index in [4.69, 9.17) is 14.6 Å². The SMILES string of the molecule is CC(=O)NCC(F)COCCOCCNC(=O)CO. The molecule has 8 heteroatoms. The van der Waals surface area contributed by atoms with E-state index in [9.17, 15) is 14.0 Å². The van der Waals surface area contributed by atoms with Crippen LogP contribution in [0.2, 0.25) is 0 Å². The first-order valence-corrected chi connectivity index (χ1v) is 5.97. The minimum atomic E-state index is -1.24. The van der Waals surface area contributed by atoms with Gasteiger partial charge in [0.15, 0.2) is 0 Å². The number of carbonyl (C=O) groups is 2. The van der Waals surface area contributed by atoms with Crippen molar-refractivity contribution in [3.05, 3.63) is 0 Å². The van der Waals surface area contributed by atoms with Crippen LogP contribution in [0.3, 0.4) is 0 Å². The minimum absolute atomic E-state index is 0.0661. The number of alkyl halides is 1. The van der Waals surface area contributed by atoms with Crippen LogP contribution in [-0.2, 0) is 19.1 Å². The van der Waals surface area contributed by atoms with Crippen molar-refractivity contribution in [2.75, 3.05) is 46.1 Å². The van der Waals surface area contributed by atoms with Gasteiger partial charge >= 0.3 is 0 Å². The summed E-state index contributed by atoms with van der Waals surface area (Å²) in [7, 11) is 0. The summed E-state index contributed by atoms with van der Waals surface area (Å²) < 4.78 is 23.2. The lowest BCUT2D eigenvalue weighted by atomic mass is 10.4. The zero-order valence-electron chi connectivity index (χ0n) is 11.0. The molecule has 0 bridgehead atoms. The van der Waals surface area contributed by atoms with Crippen molar-refractivity contribution in [2.45, 2.75) is 13.1 Å². The first kappa shape index (κ1) is 17.8. The molecule has 0 aliphatic rings. The smallest absolute Gasteiger partial charge is 0.245 e. The quantitative estimate of drug-likeness (QED) is 0.405. The van der Waals surface area contributed by atoms with Gasteiger partial charge in [-0.25, -0.2) is 4.39 Å². The predicted molar refractivity (Wildman–Crippen MR) is 65.3 cm³/mol. The van der Waals surface area contributed by atoms with Crippen LogP contribution < -0.4 is 10.6 Å². The van der Waals surface area contributed by atoms with Crippen LogP contribution in [0.15, 0.2) is 0 Å². The number of hydrogen-bond donors (Lipinski definition) is 3. The lowest BCUT2D eigenvalue weighted by Gasteiger charge is -2.10. The normalized spacial score (nSPS) is 11.9. The topological polar surface area (TPSA) is 96.9 Å². The Morgan fingerprint density at radius 3 is 2.53 bits per heavy atom. The molecule has 19 heavy (non-hydrogen) atoms. The largest absolute Gasteiger partial charge is 0.387 e. The fourth-order valence-corrected chi connectivity index (χ4v) is 1.06. The van der Waals surface area contributed by atoms with Crippen molar-refractivity contribution < 1.29 is 28.6 Å². The van der Waals surface area contributed by atoms with E-state index in [0.29, 0.717) is 13.2 Å². The molecule has 0 heterocycles. The van der Waals surface area contributed by atoms with Crippen molar-refractivity contribution in [3.63, 3.8) is 0 Å². The average molecular weight is 280 g/mol. The number of amides is 2. The molecule has 3 N–H and O–H groups in total. The van der Waals surface area contributed by atoms with E-state index in [2.05, 4.69) is 10.6 Å². The van der Waals surface area contributed by atoms with Crippen molar-refractivity contribution in [1.82, 2.24) is 10.6 Å². The maximum absolute atomic E-state index is 13.1. The molecular formula is C11H21FN2O5. The van der Waals surface area contributed by atoms with E-state index < -0.39 is 18.7 Å². The minimum Gasteiger partial charge on any atom is -0.387 e. The molecule has 0 spiro atoms. The summed E-state index contributed by atoms with van der Waals surface area (Å²) in [6.45, 7) is 1.70. The number of aliphatic hydroxyl groups is 1. The Morgan fingerprint density at radius 1 is 1.21 bits per heavy atom. The van der Waals surface area contributed by atoms with Crippen LogP contribution in [0.1, 0.15) is 6.92 Å². The molecule has 7 nitrogen and oxygen atoms in total. The van der Waals surface area contributed by atoms with Gasteiger partial charge in [-0.1, -0.05) is 0 Å². The second-order valence-corrected chi connectivity index (χ2v) is 3.73. The van der Waals surface area contributed by atoms with Crippen molar-refractivity contribution in [3.8, 4) is 0 Å². The molecule has 0 aliphatic heterocycles. The molecule has 0 aromatic carbocycles. The number of rotatable bonds is 11. The number of hydrogen-bond acceptors (Lipinski definition) is 5. The highest BCUT2D eigenvalue weighted by Crippen LogP contribution is 1.90. The highest BCUT2D eigenvalue weighted by molar-refractivity contribution is 5.76. The van der Waals surface area contributed by atoms with Crippen LogP contribution in [0.25, 0.3) is 0 Å². The lowest BCUT2D eigenvalue weighted by Crippen LogP contribution is -2.31. The molecule has 0 saturated carbocycles. The first-order valence-electron chi connectivity index (χ1n) is 5.97. The molecule has 2 amide bonds. The van der Waals surface area contributed by atoms with E-state index in [0.717, 1.165) is 0 Å². The third-order valence-corrected chi connectivity index (χ3v) is 1.96. The van der Waals surface area contributed by atoms with Crippen molar-refractivity contribution in [1.29, 1.82) is 0 Å². The van der Waals surface area contributed by atoms with Gasteiger partial charge in [0, 0.05) is 13.5 Å². The number of carbonyl (C=O) groups excluding carboxylic acids is 2. The van der Waals surface area contributed by atoms with Gasteiger partial charge in [0.2, 0.25) is 11.8 Å². The summed E-state index contributed by atoms with van der Waals surface area (Å²) in [5, 5.41) is 13.2. The van der Waals surface area contributed by atoms with E-state index in [1.54, 1.807) is 0 Å². The van der Waals surface area contributed by atoms with Crippen LogP contribution in [0.5, 0.6) is 0 Å². The summed E-state index contributed by atoms with van der Waals surface area (Å²) >= 11 is 0. The lowest BCUT2D eigenvalue weighted by molar-refractivity contribution is -0.124. The molecule has 0 aliphatic carbocycles. The Bertz CT molecular complexity index is 265. The standard InChI is InChI=1S/C11H21FN2O5/c1-9(16)14-6-10(12)8-19-5-4-18-3-2-13-11(17)7-15/h10,15H,2-8H2,1H3,(H,13,17)(H,14,16). The van der Waals surface area contributed by atoms with E-state index in [1.807, 2.05) is 0 Å². The van der Waals surface area contributed by atoms with Gasteiger partial charge in [-0.05, 0) is 0 Å². The highest BCUT2D eigenvalue weighted by Gasteiger charge is 2.06. The summed E-state index contributed by atoms with van der Waals surface area (Å²) in [4.78, 5) is 21.1. The van der Waals surface area contributed by atoms with Gasteiger partial charge in [0.1, 0.15) is 12.8 Å². The van der Waals surface area contributed by atoms with Gasteiger partial charge in [-0.15, -0.1) is 0 Å². The monoisotopic (exact) mass is 280 g/mol. The van der Waals surface area contributed by atoms with Crippen molar-refractivity contribution >= 4 is 11.8 Å². The molecule has 0 saturated heterocycles. The summed E-state index contributed by atoms with van der Waals surface area (Å²) in [5.41, 5.74) is 0. The molecule has 0 rings (SSSR count). The van der Waals surface area contributed by atoms with Gasteiger partial charge in [-0.2, -0.15) is 0 Å². The Hall–Kier alpha value is -1.25. The molecule has 0 radical (unpaired) electrons. The third kappa shape index (κ3) is 13.0. The Kier molecular flexibility index (Phi) is 11.0. The van der Waals surface area contributed by atoms with Crippen molar-refractivity contribution in [2.24, 2.45) is 0 Å². The average Bonchev–Trinajstić information content (AvgIpc) is 2.38. The van der Waals surface area contributed by atoms with Crippen LogP contribution in [-0.4, -0.2) is 69.2 Å². The van der Waals surface area contributed by atoms with Crippen LogP contribution in [0.4, 0.5) is 4.39 Å². The maximum atomic E-state index is 13.1. The van der Waals surface area contributed by atoms with E-state index >= 15 is 0 Å². The molecule has 0 aromatic rings. The molecule has 112 valence electrons. The van der Waals surface area contributed by atoms with E-state index in [1.165, 1.54) is 6.92 Å². The van der Waals surface area contributed by atoms with Gasteiger partial charge in [0.25, 0.3) is 0 Å². The molecular weight excluding hydrogens is 259 g/mol. The highest BCUT2D eigenvalue weighted by atomic mass is 19.1. The fraction of sp³-hybridized carbons (Fsp3) is 0.818. The van der Waals surface area contributed by atoms with Gasteiger partial charge in [0.05, 0.1) is 33.0 Å². The van der Waals surface area contributed by atoms with Crippen LogP contribution >= 0.6 is 0 Å². The summed E-state index contributed by atoms with van der Waals surface area (Å²) in [6.07, 6.45) is -1.24. The summed E-state index contributed by atoms with van der Waals surface area (Å²) in [5.74, 6) is -0.742. The number of halogens is 1. The molecule has 0 fully saturated rings. The Labute approximate surface area is 111 Å². The zero-order valence-corrected chi connectivity index (χ0v) is 11.0. The number of ether oxygens (including phenoxy) is 2. The first-order chi connectivity index (χ1) is 9.06. The number of aliphatic hydroxyl groups excluding tert-OH is 1. The molecule has 1 unspecified atom stereocenters. The second-order valence-electron chi connectivity index (χ2n) is 3.73. The van der Waals surface area contributed by atoms with E-state index in [-0.39, 0.29) is 32.3 Å². The molecule has 0 aromatic heterocycles. The summed E-state index contributed by atoms with van der Waals surface area (Å²) in [6, 6.07) is 0.